The number of hydrogen-bond acceptors (Lipinski definition) is 3. The van der Waals surface area contributed by atoms with Crippen LogP contribution in [0, 0.1) is 5.92 Å². The highest BCUT2D eigenvalue weighted by Crippen LogP contribution is 2.23. The molecule has 0 unspecified atom stereocenters. The average Bonchev–Trinajstić information content (AvgIpc) is 2.41. The molecule has 0 aliphatic carbocycles. The zero-order valence-corrected chi connectivity index (χ0v) is 11.5. The van der Waals surface area contributed by atoms with Crippen molar-refractivity contribution in [2.45, 2.75) is 19.4 Å². The molecule has 1 heterocycles. The lowest BCUT2D eigenvalue weighted by molar-refractivity contribution is 0.139. The Morgan fingerprint density at radius 2 is 1.89 bits per heavy atom. The van der Waals surface area contributed by atoms with Crippen LogP contribution in [0.2, 0.25) is 0 Å². The van der Waals surface area contributed by atoms with E-state index in [1.54, 1.807) is 7.11 Å². The summed E-state index contributed by atoms with van der Waals surface area (Å²) in [6, 6.07) is 8.91. The normalized spacial score (nSPS) is 17.1. The van der Waals surface area contributed by atoms with Crippen LogP contribution in [0.3, 0.4) is 0 Å². The lowest BCUT2D eigenvalue weighted by atomic mass is 9.97. The molecular weight excluding hydrogens is 224 g/mol. The summed E-state index contributed by atoms with van der Waals surface area (Å²) in [6.07, 6.45) is 2.48. The third kappa shape index (κ3) is 3.47. The monoisotopic (exact) mass is 248 g/mol. The fraction of sp³-hybridized carbons (Fsp3) is 0.600. The van der Waals surface area contributed by atoms with E-state index in [9.17, 15) is 0 Å². The molecule has 3 nitrogen and oxygen atoms in total. The Labute approximate surface area is 110 Å². The van der Waals surface area contributed by atoms with Crippen LogP contribution in [0.5, 0.6) is 0 Å². The highest BCUT2D eigenvalue weighted by atomic mass is 16.5. The molecule has 1 aliphatic heterocycles. The molecule has 1 aromatic carbocycles. The minimum absolute atomic E-state index is 0.745. The quantitative estimate of drug-likeness (QED) is 0.865. The van der Waals surface area contributed by atoms with Gasteiger partial charge in [0.05, 0.1) is 0 Å². The predicted molar refractivity (Wildman–Crippen MR) is 76.0 cm³/mol. The molecule has 0 radical (unpaired) electrons. The first kappa shape index (κ1) is 13.4. The van der Waals surface area contributed by atoms with Gasteiger partial charge in [0.25, 0.3) is 0 Å². The molecule has 2 rings (SSSR count). The number of methoxy groups -OCH3 is 1. The molecule has 18 heavy (non-hydrogen) atoms. The van der Waals surface area contributed by atoms with E-state index in [4.69, 9.17) is 4.74 Å². The molecule has 0 spiro atoms. The molecule has 0 bridgehead atoms. The van der Waals surface area contributed by atoms with Gasteiger partial charge in [-0.1, -0.05) is 12.1 Å². The van der Waals surface area contributed by atoms with Gasteiger partial charge in [0, 0.05) is 39.0 Å². The Hall–Kier alpha value is -1.06. The van der Waals surface area contributed by atoms with Gasteiger partial charge in [0.15, 0.2) is 0 Å². The molecule has 0 atom stereocenters. The first-order valence-electron chi connectivity index (χ1n) is 6.81. The Bertz CT molecular complexity index is 342. The number of rotatable bonds is 5. The van der Waals surface area contributed by atoms with Crippen LogP contribution >= 0.6 is 0 Å². The molecule has 3 heteroatoms. The molecule has 1 saturated heterocycles. The van der Waals surface area contributed by atoms with Gasteiger partial charge in [-0.05, 0) is 43.5 Å². The van der Waals surface area contributed by atoms with Crippen LogP contribution < -0.4 is 10.2 Å². The van der Waals surface area contributed by atoms with E-state index in [0.717, 1.165) is 32.2 Å². The molecule has 0 aromatic heterocycles. The van der Waals surface area contributed by atoms with Gasteiger partial charge in [-0.3, -0.25) is 0 Å². The Kier molecular flexibility index (Phi) is 5.02. The smallest absolute Gasteiger partial charge is 0.0491 e. The third-order valence-electron chi connectivity index (χ3n) is 3.70. The number of hydrogen-bond donors (Lipinski definition) is 1. The molecular formula is C15H24N2O. The molecule has 0 amide bonds. The first-order chi connectivity index (χ1) is 8.83. The van der Waals surface area contributed by atoms with Gasteiger partial charge in [0.1, 0.15) is 0 Å². The summed E-state index contributed by atoms with van der Waals surface area (Å²) in [7, 11) is 3.78. The van der Waals surface area contributed by atoms with E-state index in [-0.39, 0.29) is 0 Å². The second-order valence-electron chi connectivity index (χ2n) is 5.08. The van der Waals surface area contributed by atoms with Crippen molar-refractivity contribution in [2.24, 2.45) is 5.92 Å². The van der Waals surface area contributed by atoms with Crippen molar-refractivity contribution in [3.63, 3.8) is 0 Å². The van der Waals surface area contributed by atoms with Crippen molar-refractivity contribution in [1.82, 2.24) is 5.32 Å². The summed E-state index contributed by atoms with van der Waals surface area (Å²) in [6.45, 7) is 4.16. The van der Waals surface area contributed by atoms with Gasteiger partial charge < -0.3 is 15.0 Å². The van der Waals surface area contributed by atoms with Crippen molar-refractivity contribution in [3.05, 3.63) is 29.8 Å². The summed E-state index contributed by atoms with van der Waals surface area (Å²) >= 11 is 0. The fourth-order valence-electron chi connectivity index (χ4n) is 2.62. The lowest BCUT2D eigenvalue weighted by Gasteiger charge is -2.33. The largest absolute Gasteiger partial charge is 0.384 e. The summed E-state index contributed by atoms with van der Waals surface area (Å²) < 4.78 is 5.24. The average molecular weight is 248 g/mol. The number of anilines is 1. The second-order valence-corrected chi connectivity index (χ2v) is 5.08. The summed E-state index contributed by atoms with van der Waals surface area (Å²) in [4.78, 5) is 2.48. The van der Waals surface area contributed by atoms with E-state index in [1.807, 2.05) is 7.05 Å². The van der Waals surface area contributed by atoms with E-state index in [1.165, 1.54) is 24.1 Å². The maximum Gasteiger partial charge on any atom is 0.0491 e. The molecule has 1 aliphatic rings. The van der Waals surface area contributed by atoms with Gasteiger partial charge in [-0.15, -0.1) is 0 Å². The number of piperidine rings is 1. The molecule has 1 N–H and O–H groups in total. The highest BCUT2D eigenvalue weighted by molar-refractivity contribution is 5.47. The number of benzene rings is 1. The second kappa shape index (κ2) is 6.76. The minimum atomic E-state index is 0.745. The summed E-state index contributed by atoms with van der Waals surface area (Å²) in [5.74, 6) is 0.745. The van der Waals surface area contributed by atoms with Gasteiger partial charge in [-0.2, -0.15) is 0 Å². The number of nitrogens with zero attached hydrogens (tertiary/aromatic N) is 1. The van der Waals surface area contributed by atoms with Crippen LogP contribution in [-0.4, -0.2) is 33.9 Å². The van der Waals surface area contributed by atoms with Gasteiger partial charge in [0.2, 0.25) is 0 Å². The number of ether oxygens (including phenoxy) is 1. The van der Waals surface area contributed by atoms with E-state index in [0.29, 0.717) is 0 Å². The SMILES string of the molecule is CNCc1ccc(N2CCC(COC)CC2)cc1. The van der Waals surface area contributed by atoms with Crippen LogP contribution in [0.4, 0.5) is 5.69 Å². The molecule has 1 aromatic rings. The fourth-order valence-corrected chi connectivity index (χ4v) is 2.62. The van der Waals surface area contributed by atoms with E-state index in [2.05, 4.69) is 34.5 Å². The Morgan fingerprint density at radius 1 is 1.22 bits per heavy atom. The van der Waals surface area contributed by atoms with E-state index >= 15 is 0 Å². The van der Waals surface area contributed by atoms with Crippen LogP contribution in [0.25, 0.3) is 0 Å². The standard InChI is InChI=1S/C15H24N2O/c1-16-11-13-3-5-15(6-4-13)17-9-7-14(8-10-17)12-18-2/h3-6,14,16H,7-12H2,1-2H3. The third-order valence-corrected chi connectivity index (χ3v) is 3.70. The van der Waals surface area contributed by atoms with Crippen LogP contribution in [-0.2, 0) is 11.3 Å². The molecule has 100 valence electrons. The maximum atomic E-state index is 5.24. The molecule has 0 saturated carbocycles. The number of nitrogens with one attached hydrogen (secondary N) is 1. The van der Waals surface area contributed by atoms with Crippen LogP contribution in [0.1, 0.15) is 18.4 Å². The summed E-state index contributed by atoms with van der Waals surface area (Å²) in [5, 5.41) is 3.18. The highest BCUT2D eigenvalue weighted by Gasteiger charge is 2.18. The predicted octanol–water partition coefficient (Wildman–Crippen LogP) is 2.27. The minimum Gasteiger partial charge on any atom is -0.384 e. The first-order valence-corrected chi connectivity index (χ1v) is 6.81. The van der Waals surface area contributed by atoms with Gasteiger partial charge >= 0.3 is 0 Å². The van der Waals surface area contributed by atoms with Crippen LogP contribution in [0.15, 0.2) is 24.3 Å². The maximum absolute atomic E-state index is 5.24. The molecule has 1 fully saturated rings. The Balaban J connectivity index is 1.89. The van der Waals surface area contributed by atoms with Crippen molar-refractivity contribution in [2.75, 3.05) is 38.8 Å². The summed E-state index contributed by atoms with van der Waals surface area (Å²) in [5.41, 5.74) is 2.70. The lowest BCUT2D eigenvalue weighted by Crippen LogP contribution is -2.34. The zero-order chi connectivity index (χ0) is 12.8. The van der Waals surface area contributed by atoms with Crippen molar-refractivity contribution in [1.29, 1.82) is 0 Å². The zero-order valence-electron chi connectivity index (χ0n) is 11.5. The van der Waals surface area contributed by atoms with Crippen molar-refractivity contribution >= 4 is 5.69 Å². The van der Waals surface area contributed by atoms with Gasteiger partial charge in [-0.25, -0.2) is 0 Å². The topological polar surface area (TPSA) is 24.5 Å². The Morgan fingerprint density at radius 3 is 2.44 bits per heavy atom. The van der Waals surface area contributed by atoms with Crippen molar-refractivity contribution in [3.8, 4) is 0 Å². The van der Waals surface area contributed by atoms with E-state index < -0.39 is 0 Å². The van der Waals surface area contributed by atoms with Crippen molar-refractivity contribution < 1.29 is 4.74 Å².